The molecule has 0 bridgehead atoms. The zero-order valence-corrected chi connectivity index (χ0v) is 9.46. The summed E-state index contributed by atoms with van der Waals surface area (Å²) in [6.45, 7) is 2.48. The third kappa shape index (κ3) is 4.99. The molecule has 0 aromatic heterocycles. The van der Waals surface area contributed by atoms with Crippen molar-refractivity contribution in [2.24, 2.45) is 16.8 Å². The number of nitrogens with two attached hydrogens (primary N) is 1. The Morgan fingerprint density at radius 1 is 1.53 bits per heavy atom. The van der Waals surface area contributed by atoms with E-state index in [1.54, 1.807) is 7.11 Å². The number of aliphatic imine (C=N–C) groups is 1. The van der Waals surface area contributed by atoms with Crippen molar-refractivity contribution in [3.05, 3.63) is 0 Å². The minimum absolute atomic E-state index is 0.693. The second-order valence-electron chi connectivity index (χ2n) is 3.90. The van der Waals surface area contributed by atoms with Crippen LogP contribution in [0.3, 0.4) is 0 Å². The van der Waals surface area contributed by atoms with Crippen LogP contribution in [-0.2, 0) is 4.74 Å². The minimum Gasteiger partial charge on any atom is -0.385 e. The van der Waals surface area contributed by atoms with Crippen LogP contribution in [0.25, 0.3) is 0 Å². The third-order valence-electron chi connectivity index (χ3n) is 2.69. The van der Waals surface area contributed by atoms with Gasteiger partial charge in [0.1, 0.15) is 0 Å². The van der Waals surface area contributed by atoms with Crippen LogP contribution in [0.15, 0.2) is 4.99 Å². The first-order valence-corrected chi connectivity index (χ1v) is 5.60. The largest absolute Gasteiger partial charge is 0.385 e. The van der Waals surface area contributed by atoms with Crippen LogP contribution in [0.4, 0.5) is 0 Å². The molecule has 5 heteroatoms. The smallest absolute Gasteiger partial charge is 0.205 e. The Hall–Kier alpha value is -0.810. The number of ether oxygens (including phenoxy) is 1. The van der Waals surface area contributed by atoms with Crippen molar-refractivity contribution in [2.75, 3.05) is 26.8 Å². The third-order valence-corrected chi connectivity index (χ3v) is 2.69. The molecule has 1 fully saturated rings. The maximum atomic E-state index is 5.36. The fourth-order valence-electron chi connectivity index (χ4n) is 1.47. The molecule has 0 spiro atoms. The molecule has 1 saturated carbocycles. The van der Waals surface area contributed by atoms with E-state index in [1.807, 2.05) is 0 Å². The fraction of sp³-hybridized carbons (Fsp3) is 0.900. The zero-order valence-electron chi connectivity index (χ0n) is 9.46. The van der Waals surface area contributed by atoms with Gasteiger partial charge in [0.05, 0.1) is 0 Å². The van der Waals surface area contributed by atoms with E-state index < -0.39 is 0 Å². The number of hydrazine groups is 1. The quantitative estimate of drug-likeness (QED) is 0.195. The number of methoxy groups -OCH3 is 1. The molecule has 1 aliphatic carbocycles. The van der Waals surface area contributed by atoms with Gasteiger partial charge in [-0.05, 0) is 25.2 Å². The van der Waals surface area contributed by atoms with E-state index >= 15 is 0 Å². The van der Waals surface area contributed by atoms with Crippen LogP contribution in [0.5, 0.6) is 0 Å². The lowest BCUT2D eigenvalue weighted by atomic mass is 9.86. The molecule has 0 aromatic rings. The maximum absolute atomic E-state index is 5.36. The zero-order chi connectivity index (χ0) is 10.9. The Labute approximate surface area is 91.4 Å². The van der Waals surface area contributed by atoms with Crippen LogP contribution in [0.2, 0.25) is 0 Å². The molecule has 0 saturated heterocycles. The number of nitrogens with zero attached hydrogens (tertiary/aromatic N) is 1. The molecule has 0 heterocycles. The average Bonchev–Trinajstić information content (AvgIpc) is 2.19. The Balaban J connectivity index is 2.09. The first-order chi connectivity index (χ1) is 7.36. The van der Waals surface area contributed by atoms with Crippen molar-refractivity contribution < 1.29 is 4.74 Å². The highest BCUT2D eigenvalue weighted by Gasteiger charge is 2.16. The highest BCUT2D eigenvalue weighted by molar-refractivity contribution is 5.79. The minimum atomic E-state index is 0.693. The number of hydrogen-bond donors (Lipinski definition) is 3. The second kappa shape index (κ2) is 7.48. The SMILES string of the molecule is COCCCNC(=NCC1CCC1)NN. The van der Waals surface area contributed by atoms with Crippen molar-refractivity contribution in [3.8, 4) is 0 Å². The highest BCUT2D eigenvalue weighted by atomic mass is 16.5. The van der Waals surface area contributed by atoms with E-state index in [4.69, 9.17) is 10.6 Å². The summed E-state index contributed by atoms with van der Waals surface area (Å²) in [7, 11) is 1.70. The second-order valence-corrected chi connectivity index (χ2v) is 3.90. The molecule has 0 amide bonds. The van der Waals surface area contributed by atoms with E-state index in [-0.39, 0.29) is 0 Å². The van der Waals surface area contributed by atoms with E-state index in [2.05, 4.69) is 15.7 Å². The summed E-state index contributed by atoms with van der Waals surface area (Å²) in [5.74, 6) is 6.82. The Kier molecular flexibility index (Phi) is 6.11. The van der Waals surface area contributed by atoms with Gasteiger partial charge in [0.15, 0.2) is 0 Å². The van der Waals surface area contributed by atoms with Gasteiger partial charge in [-0.2, -0.15) is 0 Å². The van der Waals surface area contributed by atoms with Crippen molar-refractivity contribution in [1.29, 1.82) is 0 Å². The summed E-state index contributed by atoms with van der Waals surface area (Å²) in [4.78, 5) is 4.39. The van der Waals surface area contributed by atoms with Gasteiger partial charge in [0.25, 0.3) is 0 Å². The lowest BCUT2D eigenvalue weighted by Crippen LogP contribution is -2.42. The molecule has 4 N–H and O–H groups in total. The summed E-state index contributed by atoms with van der Waals surface area (Å²) < 4.78 is 4.95. The van der Waals surface area contributed by atoms with Gasteiger partial charge in [-0.1, -0.05) is 6.42 Å². The predicted molar refractivity (Wildman–Crippen MR) is 61.5 cm³/mol. The van der Waals surface area contributed by atoms with Gasteiger partial charge in [-0.15, -0.1) is 0 Å². The molecule has 5 nitrogen and oxygen atoms in total. The molecule has 0 radical (unpaired) electrons. The number of guanidine groups is 1. The van der Waals surface area contributed by atoms with Gasteiger partial charge in [-0.25, -0.2) is 5.84 Å². The summed E-state index contributed by atoms with van der Waals surface area (Å²) in [5.41, 5.74) is 2.58. The molecule has 0 unspecified atom stereocenters. The van der Waals surface area contributed by atoms with E-state index in [1.165, 1.54) is 19.3 Å². The molecule has 88 valence electrons. The summed E-state index contributed by atoms with van der Waals surface area (Å²) >= 11 is 0. The van der Waals surface area contributed by atoms with Crippen molar-refractivity contribution in [2.45, 2.75) is 25.7 Å². The molecular weight excluding hydrogens is 192 g/mol. The Bertz CT molecular complexity index is 192. The van der Waals surface area contributed by atoms with Gasteiger partial charge < -0.3 is 10.1 Å². The topological polar surface area (TPSA) is 71.7 Å². The lowest BCUT2D eigenvalue weighted by Gasteiger charge is -2.23. The first kappa shape index (κ1) is 12.3. The molecule has 0 atom stereocenters. The van der Waals surface area contributed by atoms with E-state index in [0.717, 1.165) is 32.0 Å². The normalized spacial score (nSPS) is 17.3. The van der Waals surface area contributed by atoms with E-state index in [9.17, 15) is 0 Å². The Morgan fingerprint density at radius 2 is 2.33 bits per heavy atom. The number of hydrogen-bond acceptors (Lipinski definition) is 3. The molecule has 15 heavy (non-hydrogen) atoms. The lowest BCUT2D eigenvalue weighted by molar-refractivity contribution is 0.195. The van der Waals surface area contributed by atoms with Gasteiger partial charge in [-0.3, -0.25) is 10.4 Å². The monoisotopic (exact) mass is 214 g/mol. The van der Waals surface area contributed by atoms with Gasteiger partial charge in [0.2, 0.25) is 5.96 Å². The summed E-state index contributed by atoms with van der Waals surface area (Å²) in [5, 5.41) is 3.14. The summed E-state index contributed by atoms with van der Waals surface area (Å²) in [6, 6.07) is 0. The van der Waals surface area contributed by atoms with Crippen molar-refractivity contribution in [3.63, 3.8) is 0 Å². The standard InChI is InChI=1S/C10H22N4O/c1-15-7-3-6-12-10(14-11)13-8-9-4-2-5-9/h9H,2-8,11H2,1H3,(H2,12,13,14). The summed E-state index contributed by atoms with van der Waals surface area (Å²) in [6.07, 6.45) is 4.93. The van der Waals surface area contributed by atoms with Crippen LogP contribution >= 0.6 is 0 Å². The van der Waals surface area contributed by atoms with Crippen molar-refractivity contribution >= 4 is 5.96 Å². The first-order valence-electron chi connectivity index (χ1n) is 5.60. The van der Waals surface area contributed by atoms with Crippen LogP contribution in [0, 0.1) is 5.92 Å². The van der Waals surface area contributed by atoms with E-state index in [0.29, 0.717) is 5.96 Å². The maximum Gasteiger partial charge on any atom is 0.205 e. The van der Waals surface area contributed by atoms with Crippen LogP contribution in [-0.4, -0.2) is 32.8 Å². The molecule has 0 aromatic carbocycles. The molecular formula is C10H22N4O. The number of nitrogens with one attached hydrogen (secondary N) is 2. The van der Waals surface area contributed by atoms with Gasteiger partial charge in [0, 0.05) is 26.8 Å². The molecule has 0 aliphatic heterocycles. The highest BCUT2D eigenvalue weighted by Crippen LogP contribution is 2.26. The fourth-order valence-corrected chi connectivity index (χ4v) is 1.47. The number of rotatable bonds is 6. The molecule has 1 rings (SSSR count). The predicted octanol–water partition coefficient (Wildman–Crippen LogP) is 0.232. The van der Waals surface area contributed by atoms with Gasteiger partial charge >= 0.3 is 0 Å². The molecule has 1 aliphatic rings. The Morgan fingerprint density at radius 3 is 2.87 bits per heavy atom. The van der Waals surface area contributed by atoms with Crippen molar-refractivity contribution in [1.82, 2.24) is 10.7 Å². The van der Waals surface area contributed by atoms with Crippen LogP contribution in [0.1, 0.15) is 25.7 Å². The van der Waals surface area contributed by atoms with Crippen LogP contribution < -0.4 is 16.6 Å². The average molecular weight is 214 g/mol.